The van der Waals surface area contributed by atoms with Crippen LogP contribution in [0, 0.1) is 11.3 Å². The molecule has 0 saturated carbocycles. The fourth-order valence-corrected chi connectivity index (χ4v) is 2.88. The molecule has 2 heterocycles. The standard InChI is InChI=1S/C13H26N2/c1-13(2)5-8-15(9-6-13)11-12-4-7-14(3)10-12/h12H,4-11H2,1-3H3. The van der Waals surface area contributed by atoms with Gasteiger partial charge in [0.2, 0.25) is 0 Å². The van der Waals surface area contributed by atoms with E-state index < -0.39 is 0 Å². The van der Waals surface area contributed by atoms with Crippen molar-refractivity contribution in [3.63, 3.8) is 0 Å². The van der Waals surface area contributed by atoms with Crippen LogP contribution in [0.1, 0.15) is 33.1 Å². The van der Waals surface area contributed by atoms with Crippen LogP contribution >= 0.6 is 0 Å². The number of hydrogen-bond donors (Lipinski definition) is 0. The van der Waals surface area contributed by atoms with E-state index in [9.17, 15) is 0 Å². The molecule has 0 aromatic rings. The molecule has 0 bridgehead atoms. The second-order valence-corrected chi connectivity index (χ2v) is 6.38. The molecular formula is C13H26N2. The predicted octanol–water partition coefficient (Wildman–Crippen LogP) is 2.06. The second kappa shape index (κ2) is 4.42. The second-order valence-electron chi connectivity index (χ2n) is 6.38. The average Bonchev–Trinajstić information content (AvgIpc) is 2.55. The monoisotopic (exact) mass is 210 g/mol. The van der Waals surface area contributed by atoms with Crippen LogP contribution in [0.15, 0.2) is 0 Å². The lowest BCUT2D eigenvalue weighted by molar-refractivity contribution is 0.118. The first-order valence-electron chi connectivity index (χ1n) is 6.46. The van der Waals surface area contributed by atoms with Crippen molar-refractivity contribution in [2.24, 2.45) is 11.3 Å². The fourth-order valence-electron chi connectivity index (χ4n) is 2.88. The van der Waals surface area contributed by atoms with Crippen LogP contribution in [0.2, 0.25) is 0 Å². The lowest BCUT2D eigenvalue weighted by Gasteiger charge is -2.38. The van der Waals surface area contributed by atoms with Crippen LogP contribution in [0.25, 0.3) is 0 Å². The van der Waals surface area contributed by atoms with E-state index in [4.69, 9.17) is 0 Å². The number of hydrogen-bond acceptors (Lipinski definition) is 2. The maximum atomic E-state index is 2.69. The molecule has 88 valence electrons. The molecule has 2 aliphatic rings. The Kier molecular flexibility index (Phi) is 3.36. The lowest BCUT2D eigenvalue weighted by Crippen LogP contribution is -2.40. The van der Waals surface area contributed by atoms with Gasteiger partial charge in [0.15, 0.2) is 0 Å². The summed E-state index contributed by atoms with van der Waals surface area (Å²) in [5, 5.41) is 0. The minimum Gasteiger partial charge on any atom is -0.306 e. The average molecular weight is 210 g/mol. The summed E-state index contributed by atoms with van der Waals surface area (Å²) in [6.45, 7) is 11.5. The van der Waals surface area contributed by atoms with Crippen LogP contribution in [-0.2, 0) is 0 Å². The molecule has 2 nitrogen and oxygen atoms in total. The van der Waals surface area contributed by atoms with E-state index in [0.717, 1.165) is 5.92 Å². The Morgan fingerprint density at radius 3 is 2.33 bits per heavy atom. The Balaban J connectivity index is 1.73. The molecule has 0 N–H and O–H groups in total. The molecule has 2 fully saturated rings. The minimum absolute atomic E-state index is 0.600. The van der Waals surface area contributed by atoms with E-state index >= 15 is 0 Å². The summed E-state index contributed by atoms with van der Waals surface area (Å²) < 4.78 is 0. The SMILES string of the molecule is CN1CCC(CN2CCC(C)(C)CC2)C1. The zero-order valence-corrected chi connectivity index (χ0v) is 10.6. The van der Waals surface area contributed by atoms with Crippen LogP contribution in [-0.4, -0.2) is 49.6 Å². The van der Waals surface area contributed by atoms with Gasteiger partial charge in [0, 0.05) is 13.1 Å². The molecule has 2 rings (SSSR count). The van der Waals surface area contributed by atoms with E-state index in [1.807, 2.05) is 0 Å². The molecule has 0 radical (unpaired) electrons. The van der Waals surface area contributed by atoms with Gasteiger partial charge in [-0.2, -0.15) is 0 Å². The number of likely N-dealkylation sites (tertiary alicyclic amines) is 2. The third-order valence-electron chi connectivity index (χ3n) is 4.21. The van der Waals surface area contributed by atoms with Crippen molar-refractivity contribution in [1.82, 2.24) is 9.80 Å². The molecular weight excluding hydrogens is 184 g/mol. The third-order valence-corrected chi connectivity index (χ3v) is 4.21. The fraction of sp³-hybridized carbons (Fsp3) is 1.00. The van der Waals surface area contributed by atoms with Gasteiger partial charge in [0.05, 0.1) is 0 Å². The molecule has 0 spiro atoms. The highest BCUT2D eigenvalue weighted by molar-refractivity contribution is 4.82. The Morgan fingerprint density at radius 1 is 1.13 bits per heavy atom. The first kappa shape index (κ1) is 11.4. The summed E-state index contributed by atoms with van der Waals surface area (Å²) in [7, 11) is 2.25. The van der Waals surface area contributed by atoms with E-state index in [1.165, 1.54) is 52.0 Å². The Labute approximate surface area is 94.6 Å². The first-order chi connectivity index (χ1) is 7.05. The van der Waals surface area contributed by atoms with Crippen molar-refractivity contribution in [2.45, 2.75) is 33.1 Å². The summed E-state index contributed by atoms with van der Waals surface area (Å²) in [6, 6.07) is 0. The third kappa shape index (κ3) is 3.18. The molecule has 1 unspecified atom stereocenters. The van der Waals surface area contributed by atoms with Crippen LogP contribution in [0.5, 0.6) is 0 Å². The van der Waals surface area contributed by atoms with Crippen molar-refractivity contribution in [3.05, 3.63) is 0 Å². The van der Waals surface area contributed by atoms with Gasteiger partial charge in [-0.15, -0.1) is 0 Å². The summed E-state index contributed by atoms with van der Waals surface area (Å²) in [4.78, 5) is 5.16. The lowest BCUT2D eigenvalue weighted by atomic mass is 9.82. The van der Waals surface area contributed by atoms with E-state index in [1.54, 1.807) is 0 Å². The highest BCUT2D eigenvalue weighted by atomic mass is 15.2. The van der Waals surface area contributed by atoms with Gasteiger partial charge in [0.1, 0.15) is 0 Å². The van der Waals surface area contributed by atoms with Crippen molar-refractivity contribution in [1.29, 1.82) is 0 Å². The van der Waals surface area contributed by atoms with Gasteiger partial charge in [0.25, 0.3) is 0 Å². The van der Waals surface area contributed by atoms with Crippen LogP contribution < -0.4 is 0 Å². The highest BCUT2D eigenvalue weighted by Gasteiger charge is 2.28. The van der Waals surface area contributed by atoms with Gasteiger partial charge in [-0.1, -0.05) is 13.8 Å². The predicted molar refractivity (Wildman–Crippen MR) is 65.1 cm³/mol. The van der Waals surface area contributed by atoms with Crippen molar-refractivity contribution >= 4 is 0 Å². The largest absolute Gasteiger partial charge is 0.306 e. The Bertz CT molecular complexity index is 203. The maximum Gasteiger partial charge on any atom is 0.00224 e. The zero-order valence-electron chi connectivity index (χ0n) is 10.6. The number of piperidine rings is 1. The van der Waals surface area contributed by atoms with Crippen molar-refractivity contribution < 1.29 is 0 Å². The number of nitrogens with zero attached hydrogens (tertiary/aromatic N) is 2. The van der Waals surface area contributed by atoms with Crippen LogP contribution in [0.4, 0.5) is 0 Å². The molecule has 2 aliphatic heterocycles. The zero-order chi connectivity index (χ0) is 10.9. The van der Waals surface area contributed by atoms with Gasteiger partial charge in [-0.05, 0) is 57.3 Å². The van der Waals surface area contributed by atoms with Gasteiger partial charge in [-0.3, -0.25) is 0 Å². The van der Waals surface area contributed by atoms with E-state index in [0.29, 0.717) is 5.41 Å². The van der Waals surface area contributed by atoms with Gasteiger partial charge < -0.3 is 9.80 Å². The molecule has 0 amide bonds. The molecule has 1 atom stereocenters. The molecule has 15 heavy (non-hydrogen) atoms. The number of rotatable bonds is 2. The summed E-state index contributed by atoms with van der Waals surface area (Å²) >= 11 is 0. The van der Waals surface area contributed by atoms with E-state index in [-0.39, 0.29) is 0 Å². The molecule has 2 saturated heterocycles. The topological polar surface area (TPSA) is 6.48 Å². The smallest absolute Gasteiger partial charge is 0.00224 e. The maximum absolute atomic E-state index is 2.69. The molecule has 0 aromatic heterocycles. The van der Waals surface area contributed by atoms with Crippen LogP contribution in [0.3, 0.4) is 0 Å². The Hall–Kier alpha value is -0.0800. The Morgan fingerprint density at radius 2 is 1.80 bits per heavy atom. The van der Waals surface area contributed by atoms with Crippen molar-refractivity contribution in [2.75, 3.05) is 39.8 Å². The summed E-state index contributed by atoms with van der Waals surface area (Å²) in [5.41, 5.74) is 0.600. The van der Waals surface area contributed by atoms with Crippen molar-refractivity contribution in [3.8, 4) is 0 Å². The minimum atomic E-state index is 0.600. The van der Waals surface area contributed by atoms with Gasteiger partial charge >= 0.3 is 0 Å². The van der Waals surface area contributed by atoms with E-state index in [2.05, 4.69) is 30.7 Å². The van der Waals surface area contributed by atoms with Gasteiger partial charge in [-0.25, -0.2) is 0 Å². The molecule has 2 heteroatoms. The highest BCUT2D eigenvalue weighted by Crippen LogP contribution is 2.30. The first-order valence-corrected chi connectivity index (χ1v) is 6.46. The quantitative estimate of drug-likeness (QED) is 0.688. The molecule has 0 aromatic carbocycles. The normalized spacial score (nSPS) is 33.4. The molecule has 0 aliphatic carbocycles. The summed E-state index contributed by atoms with van der Waals surface area (Å²) in [5.74, 6) is 0.941. The summed E-state index contributed by atoms with van der Waals surface area (Å²) in [6.07, 6.45) is 4.18.